The quantitative estimate of drug-likeness (QED) is 0.235. The van der Waals surface area contributed by atoms with Crippen molar-refractivity contribution in [3.63, 3.8) is 0 Å². The maximum absolute atomic E-state index is 10.7. The van der Waals surface area contributed by atoms with E-state index in [9.17, 15) is 34.0 Å². The fourth-order valence-corrected chi connectivity index (χ4v) is 3.37. The van der Waals surface area contributed by atoms with Gasteiger partial charge in [-0.15, -0.1) is 0 Å². The fourth-order valence-electron chi connectivity index (χ4n) is 3.02. The van der Waals surface area contributed by atoms with Crippen molar-refractivity contribution in [2.75, 3.05) is 6.61 Å². The molecule has 32 heavy (non-hydrogen) atoms. The van der Waals surface area contributed by atoms with E-state index in [0.29, 0.717) is 11.1 Å². The third-order valence-corrected chi connectivity index (χ3v) is 4.97. The number of hydrogen-bond acceptors (Lipinski definition) is 10. The molecule has 5 atom stereocenters. The average molecular weight is 470 g/mol. The highest BCUT2D eigenvalue weighted by Gasteiger charge is 2.44. The summed E-state index contributed by atoms with van der Waals surface area (Å²) in [6.45, 7) is -0.604. The molecule has 0 spiro atoms. The van der Waals surface area contributed by atoms with Gasteiger partial charge in [0.1, 0.15) is 41.7 Å². The first-order valence-corrected chi connectivity index (χ1v) is 10.7. The van der Waals surface area contributed by atoms with Gasteiger partial charge in [0.15, 0.2) is 0 Å². The third kappa shape index (κ3) is 6.17. The number of hydrogen-bond donors (Lipinski definition) is 6. The van der Waals surface area contributed by atoms with E-state index < -0.39 is 47.7 Å². The van der Waals surface area contributed by atoms with Crippen LogP contribution in [0.4, 0.5) is 0 Å². The second kappa shape index (κ2) is 9.83. The zero-order valence-corrected chi connectivity index (χ0v) is 17.2. The van der Waals surface area contributed by atoms with Gasteiger partial charge in [0.25, 0.3) is 0 Å². The van der Waals surface area contributed by atoms with E-state index in [4.69, 9.17) is 14.0 Å². The first-order chi connectivity index (χ1) is 15.1. The number of aliphatic hydroxyl groups is 4. The van der Waals surface area contributed by atoms with Gasteiger partial charge in [-0.3, -0.25) is 4.55 Å². The molecule has 3 rings (SSSR count). The van der Waals surface area contributed by atoms with E-state index in [1.807, 2.05) is 0 Å². The maximum atomic E-state index is 10.7. The molecule has 0 aromatic heterocycles. The molecule has 0 aliphatic carbocycles. The predicted octanol–water partition coefficient (Wildman–Crippen LogP) is -0.0771. The molecule has 5 unspecified atom stereocenters. The highest BCUT2D eigenvalue weighted by Crippen LogP contribution is 2.28. The molecular weight excluding hydrogens is 448 g/mol. The van der Waals surface area contributed by atoms with E-state index in [0.717, 1.165) is 0 Å². The molecular formula is C20H22O11S. The zero-order chi connectivity index (χ0) is 23.5. The Morgan fingerprint density at radius 3 is 2.19 bits per heavy atom. The van der Waals surface area contributed by atoms with Crippen LogP contribution in [0, 0.1) is 0 Å². The van der Waals surface area contributed by atoms with Crippen molar-refractivity contribution in [2.24, 2.45) is 0 Å². The minimum Gasteiger partial charge on any atom is -0.508 e. The molecule has 6 N–H and O–H groups in total. The van der Waals surface area contributed by atoms with Crippen molar-refractivity contribution >= 4 is 22.6 Å². The number of benzene rings is 2. The predicted molar refractivity (Wildman–Crippen MR) is 110 cm³/mol. The summed E-state index contributed by atoms with van der Waals surface area (Å²) in [6.07, 6.45) is -4.01. The number of ether oxygens (including phenoxy) is 2. The van der Waals surface area contributed by atoms with Gasteiger partial charge in [0, 0.05) is 6.07 Å². The Kier molecular flexibility index (Phi) is 7.36. The van der Waals surface area contributed by atoms with Crippen LogP contribution in [0.25, 0.3) is 12.2 Å². The Morgan fingerprint density at radius 1 is 0.906 bits per heavy atom. The number of rotatable bonds is 7. The van der Waals surface area contributed by atoms with Gasteiger partial charge >= 0.3 is 10.4 Å². The Hall–Kier alpha value is -2.71. The number of aliphatic hydroxyl groups excluding tert-OH is 4. The summed E-state index contributed by atoms with van der Waals surface area (Å²) in [5, 5.41) is 49.0. The Bertz CT molecular complexity index is 1050. The lowest BCUT2D eigenvalue weighted by atomic mass is 9.99. The highest BCUT2D eigenvalue weighted by molar-refractivity contribution is 7.81. The fraction of sp³-hybridized carbons (Fsp3) is 0.300. The molecule has 12 heteroatoms. The van der Waals surface area contributed by atoms with Crippen LogP contribution in [0.1, 0.15) is 11.1 Å². The second-order valence-electron chi connectivity index (χ2n) is 6.99. The van der Waals surface area contributed by atoms with Crippen LogP contribution in [-0.4, -0.2) is 75.8 Å². The monoisotopic (exact) mass is 470 g/mol. The van der Waals surface area contributed by atoms with Crippen LogP contribution in [0.5, 0.6) is 17.2 Å². The normalized spacial score (nSPS) is 26.2. The van der Waals surface area contributed by atoms with Crippen molar-refractivity contribution in [1.82, 2.24) is 0 Å². The van der Waals surface area contributed by atoms with E-state index in [1.54, 1.807) is 12.2 Å². The standard InChI is InChI=1S/C20H22O11S/c21-10-16-17(23)18(24)19(25)20(30-16)29-15-8-12(7-13(22)9-15)2-1-11-3-5-14(6-4-11)31-32(26,27)28/h1-9,16-25H,10H2,(H,26,27,28). The minimum absolute atomic E-state index is 0.0720. The lowest BCUT2D eigenvalue weighted by Gasteiger charge is -2.39. The lowest BCUT2D eigenvalue weighted by molar-refractivity contribution is -0.277. The largest absolute Gasteiger partial charge is 0.508 e. The molecule has 2 aromatic rings. The molecule has 2 aromatic carbocycles. The number of aromatic hydroxyl groups is 1. The molecule has 1 fully saturated rings. The average Bonchev–Trinajstić information content (AvgIpc) is 2.72. The van der Waals surface area contributed by atoms with Gasteiger partial charge in [-0.2, -0.15) is 8.42 Å². The summed E-state index contributed by atoms with van der Waals surface area (Å²) in [5.41, 5.74) is 1.13. The molecule has 0 radical (unpaired) electrons. The summed E-state index contributed by atoms with van der Waals surface area (Å²) in [6, 6.07) is 9.92. The van der Waals surface area contributed by atoms with Gasteiger partial charge < -0.3 is 39.2 Å². The third-order valence-electron chi connectivity index (χ3n) is 4.56. The van der Waals surface area contributed by atoms with E-state index in [-0.39, 0.29) is 17.2 Å². The van der Waals surface area contributed by atoms with Gasteiger partial charge in [0.2, 0.25) is 6.29 Å². The van der Waals surface area contributed by atoms with Crippen molar-refractivity contribution in [2.45, 2.75) is 30.7 Å². The van der Waals surface area contributed by atoms with Crippen LogP contribution in [0.2, 0.25) is 0 Å². The van der Waals surface area contributed by atoms with Crippen molar-refractivity contribution in [3.05, 3.63) is 53.6 Å². The molecule has 0 saturated carbocycles. The SMILES string of the molecule is O=S(=O)(O)Oc1ccc(C=Cc2cc(O)cc(OC3OC(CO)C(O)C(O)C3O)c2)cc1. The summed E-state index contributed by atoms with van der Waals surface area (Å²) in [4.78, 5) is 0. The molecule has 0 bridgehead atoms. The minimum atomic E-state index is -4.61. The summed E-state index contributed by atoms with van der Waals surface area (Å²) in [5.74, 6) is -0.147. The second-order valence-corrected chi connectivity index (χ2v) is 8.01. The molecule has 1 aliphatic heterocycles. The lowest BCUT2D eigenvalue weighted by Crippen LogP contribution is -2.60. The Morgan fingerprint density at radius 2 is 1.56 bits per heavy atom. The van der Waals surface area contributed by atoms with Crippen molar-refractivity contribution in [1.29, 1.82) is 0 Å². The van der Waals surface area contributed by atoms with E-state index in [1.165, 1.54) is 42.5 Å². The van der Waals surface area contributed by atoms with Crippen LogP contribution >= 0.6 is 0 Å². The smallest absolute Gasteiger partial charge is 0.446 e. The zero-order valence-electron chi connectivity index (χ0n) is 16.4. The van der Waals surface area contributed by atoms with Crippen molar-refractivity contribution < 1.29 is 52.2 Å². The first-order valence-electron chi connectivity index (χ1n) is 9.32. The van der Waals surface area contributed by atoms with Crippen LogP contribution in [0.3, 0.4) is 0 Å². The van der Waals surface area contributed by atoms with Gasteiger partial charge in [0.05, 0.1) is 6.61 Å². The molecule has 0 amide bonds. The van der Waals surface area contributed by atoms with E-state index in [2.05, 4.69) is 4.18 Å². The van der Waals surface area contributed by atoms with Crippen molar-refractivity contribution in [3.8, 4) is 17.2 Å². The topological polar surface area (TPSA) is 183 Å². The first kappa shape index (κ1) is 23.9. The van der Waals surface area contributed by atoms with Gasteiger partial charge in [-0.05, 0) is 35.4 Å². The summed E-state index contributed by atoms with van der Waals surface area (Å²) >= 11 is 0. The molecule has 1 saturated heterocycles. The maximum Gasteiger partial charge on any atom is 0.446 e. The Balaban J connectivity index is 1.73. The van der Waals surface area contributed by atoms with Gasteiger partial charge in [-0.25, -0.2) is 0 Å². The van der Waals surface area contributed by atoms with Crippen LogP contribution in [0.15, 0.2) is 42.5 Å². The van der Waals surface area contributed by atoms with Crippen LogP contribution in [-0.2, 0) is 15.1 Å². The summed E-state index contributed by atoms with van der Waals surface area (Å²) in [7, 11) is -4.61. The summed E-state index contributed by atoms with van der Waals surface area (Å²) < 4.78 is 45.2. The molecule has 174 valence electrons. The van der Waals surface area contributed by atoms with Crippen LogP contribution < -0.4 is 8.92 Å². The molecule has 1 heterocycles. The molecule has 1 aliphatic rings. The number of phenolic OH excluding ortho intramolecular Hbond substituents is 1. The van der Waals surface area contributed by atoms with Gasteiger partial charge in [-0.1, -0.05) is 24.3 Å². The number of phenols is 1. The highest BCUT2D eigenvalue weighted by atomic mass is 32.3. The molecule has 11 nitrogen and oxygen atoms in total. The van der Waals surface area contributed by atoms with E-state index >= 15 is 0 Å². The Labute approximate surface area is 183 Å².